The van der Waals surface area contributed by atoms with Gasteiger partial charge in [-0.05, 0) is 18.6 Å². The van der Waals surface area contributed by atoms with Gasteiger partial charge in [-0.1, -0.05) is 0 Å². The van der Waals surface area contributed by atoms with Crippen molar-refractivity contribution in [2.75, 3.05) is 5.73 Å². The number of aryl methyl sites for hydroxylation is 1. The van der Waals surface area contributed by atoms with Gasteiger partial charge in [0.1, 0.15) is 5.82 Å². The van der Waals surface area contributed by atoms with Crippen molar-refractivity contribution < 1.29 is 0 Å². The lowest BCUT2D eigenvalue weighted by molar-refractivity contribution is 1.05. The summed E-state index contributed by atoms with van der Waals surface area (Å²) < 4.78 is 0. The number of pyridine rings is 1. The number of hydrogen-bond donors (Lipinski definition) is 2. The van der Waals surface area contributed by atoms with Crippen molar-refractivity contribution >= 4 is 16.7 Å². The van der Waals surface area contributed by atoms with Gasteiger partial charge < -0.3 is 10.7 Å². The van der Waals surface area contributed by atoms with Crippen LogP contribution in [0.25, 0.3) is 10.9 Å². The maximum atomic E-state index is 11.3. The van der Waals surface area contributed by atoms with Crippen molar-refractivity contribution in [3.63, 3.8) is 0 Å². The summed E-state index contributed by atoms with van der Waals surface area (Å²) in [6.07, 6.45) is 1.60. The van der Waals surface area contributed by atoms with Crippen molar-refractivity contribution in [3.05, 3.63) is 28.2 Å². The first-order chi connectivity index (χ1) is 6.18. The number of nitrogens with two attached hydrogens (primary N) is 1. The lowest BCUT2D eigenvalue weighted by Crippen LogP contribution is -2.11. The third-order valence-electron chi connectivity index (χ3n) is 1.86. The number of hydrogen-bond acceptors (Lipinski definition) is 4. The second-order valence-corrected chi connectivity index (χ2v) is 2.84. The Labute approximate surface area is 73.6 Å². The summed E-state index contributed by atoms with van der Waals surface area (Å²) in [5.74, 6) is 0.341. The van der Waals surface area contributed by atoms with Gasteiger partial charge in [0.2, 0.25) is 0 Å². The van der Waals surface area contributed by atoms with Gasteiger partial charge in [0.25, 0.3) is 5.56 Å². The van der Waals surface area contributed by atoms with Crippen LogP contribution in [-0.4, -0.2) is 15.2 Å². The van der Waals surface area contributed by atoms with Crippen molar-refractivity contribution in [1.82, 2.24) is 15.2 Å². The van der Waals surface area contributed by atoms with E-state index in [9.17, 15) is 4.79 Å². The minimum Gasteiger partial charge on any atom is -0.385 e. The predicted octanol–water partition coefficient (Wildman–Crippen LogP) is 0.209. The van der Waals surface area contributed by atoms with E-state index in [0.717, 1.165) is 10.9 Å². The highest BCUT2D eigenvalue weighted by atomic mass is 16.1. The first-order valence-electron chi connectivity index (χ1n) is 3.79. The van der Waals surface area contributed by atoms with E-state index in [-0.39, 0.29) is 5.56 Å². The number of aromatic nitrogens is 3. The molecule has 2 heterocycles. The molecule has 2 aromatic rings. The van der Waals surface area contributed by atoms with E-state index in [0.29, 0.717) is 11.3 Å². The molecule has 0 bridgehead atoms. The molecule has 2 rings (SSSR count). The fourth-order valence-corrected chi connectivity index (χ4v) is 1.22. The van der Waals surface area contributed by atoms with Gasteiger partial charge in [-0.3, -0.25) is 4.79 Å². The normalized spacial score (nSPS) is 10.5. The third kappa shape index (κ3) is 1.14. The maximum absolute atomic E-state index is 11.3. The standard InChI is InChI=1S/C8H8N4O/c1-4-3-10-12-7-5(4)2-6(9)11-8(7)13/h2-3H,1H3,(H3,9,11,13). The molecule has 66 valence electrons. The fraction of sp³-hybridized carbons (Fsp3) is 0.125. The van der Waals surface area contributed by atoms with Crippen LogP contribution in [0.4, 0.5) is 5.82 Å². The van der Waals surface area contributed by atoms with Crippen LogP contribution in [0.5, 0.6) is 0 Å². The Hall–Kier alpha value is -1.91. The predicted molar refractivity (Wildman–Crippen MR) is 49.3 cm³/mol. The van der Waals surface area contributed by atoms with Crippen LogP contribution in [0.15, 0.2) is 17.1 Å². The van der Waals surface area contributed by atoms with E-state index < -0.39 is 0 Å². The van der Waals surface area contributed by atoms with Crippen LogP contribution in [-0.2, 0) is 0 Å². The van der Waals surface area contributed by atoms with E-state index in [4.69, 9.17) is 5.73 Å². The first kappa shape index (κ1) is 7.72. The van der Waals surface area contributed by atoms with E-state index in [1.165, 1.54) is 0 Å². The van der Waals surface area contributed by atoms with Gasteiger partial charge in [0.05, 0.1) is 6.20 Å². The van der Waals surface area contributed by atoms with Crippen molar-refractivity contribution in [1.29, 1.82) is 0 Å². The molecule has 13 heavy (non-hydrogen) atoms. The monoisotopic (exact) mass is 176 g/mol. The SMILES string of the molecule is Cc1cnnc2c(=O)[nH]c(N)cc12. The molecular weight excluding hydrogens is 168 g/mol. The van der Waals surface area contributed by atoms with Gasteiger partial charge in [-0.2, -0.15) is 5.10 Å². The number of nitrogens with one attached hydrogen (secondary N) is 1. The zero-order valence-electron chi connectivity index (χ0n) is 7.03. The van der Waals surface area contributed by atoms with Crippen LogP contribution in [0, 0.1) is 6.92 Å². The molecule has 5 nitrogen and oxygen atoms in total. The Bertz CT molecular complexity index is 517. The highest BCUT2D eigenvalue weighted by Crippen LogP contribution is 2.12. The fourth-order valence-electron chi connectivity index (χ4n) is 1.22. The molecule has 0 atom stereocenters. The largest absolute Gasteiger partial charge is 0.385 e. The molecule has 3 N–H and O–H groups in total. The minimum absolute atomic E-state index is 0.300. The maximum Gasteiger partial charge on any atom is 0.277 e. The van der Waals surface area contributed by atoms with Crippen LogP contribution in [0.3, 0.4) is 0 Å². The molecule has 0 saturated carbocycles. The number of nitrogen functional groups attached to an aromatic ring is 1. The molecule has 5 heteroatoms. The average molecular weight is 176 g/mol. The molecule has 0 saturated heterocycles. The summed E-state index contributed by atoms with van der Waals surface area (Å²) >= 11 is 0. The Morgan fingerprint density at radius 3 is 3.08 bits per heavy atom. The lowest BCUT2D eigenvalue weighted by atomic mass is 10.2. The Morgan fingerprint density at radius 2 is 2.31 bits per heavy atom. The van der Waals surface area contributed by atoms with Crippen LogP contribution >= 0.6 is 0 Å². The number of nitrogens with zero attached hydrogens (tertiary/aromatic N) is 2. The van der Waals surface area contributed by atoms with Gasteiger partial charge in [0, 0.05) is 5.39 Å². The number of H-pyrrole nitrogens is 1. The highest BCUT2D eigenvalue weighted by molar-refractivity contribution is 5.82. The zero-order valence-corrected chi connectivity index (χ0v) is 7.03. The number of rotatable bonds is 0. The molecule has 0 aliphatic rings. The molecule has 0 amide bonds. The third-order valence-corrected chi connectivity index (χ3v) is 1.86. The van der Waals surface area contributed by atoms with Gasteiger partial charge >= 0.3 is 0 Å². The summed E-state index contributed by atoms with van der Waals surface area (Å²) in [5.41, 5.74) is 6.41. The van der Waals surface area contributed by atoms with E-state index >= 15 is 0 Å². The molecule has 0 spiro atoms. The molecule has 0 aliphatic heterocycles. The molecule has 2 aromatic heterocycles. The number of fused-ring (bicyclic) bond motifs is 1. The molecular formula is C8H8N4O. The van der Waals surface area contributed by atoms with Gasteiger partial charge in [-0.15, -0.1) is 5.10 Å². The smallest absolute Gasteiger partial charge is 0.277 e. The summed E-state index contributed by atoms with van der Waals surface area (Å²) in [5, 5.41) is 8.17. The zero-order chi connectivity index (χ0) is 9.42. The van der Waals surface area contributed by atoms with Crippen molar-refractivity contribution in [2.45, 2.75) is 6.92 Å². The second kappa shape index (κ2) is 2.55. The lowest BCUT2D eigenvalue weighted by Gasteiger charge is -1.99. The average Bonchev–Trinajstić information content (AvgIpc) is 2.07. The molecule has 0 fully saturated rings. The van der Waals surface area contributed by atoms with E-state index in [1.807, 2.05) is 6.92 Å². The molecule has 0 radical (unpaired) electrons. The Balaban J connectivity index is 3.03. The minimum atomic E-state index is -0.300. The van der Waals surface area contributed by atoms with Crippen molar-refractivity contribution in [2.24, 2.45) is 0 Å². The Morgan fingerprint density at radius 1 is 1.54 bits per heavy atom. The molecule has 0 aromatic carbocycles. The van der Waals surface area contributed by atoms with Gasteiger partial charge in [0.15, 0.2) is 5.52 Å². The van der Waals surface area contributed by atoms with E-state index in [1.54, 1.807) is 12.3 Å². The van der Waals surface area contributed by atoms with Crippen LogP contribution in [0.2, 0.25) is 0 Å². The Kier molecular flexibility index (Phi) is 1.51. The number of aromatic amines is 1. The van der Waals surface area contributed by atoms with Gasteiger partial charge in [-0.25, -0.2) is 0 Å². The molecule has 0 unspecified atom stereocenters. The van der Waals surface area contributed by atoms with Crippen molar-refractivity contribution in [3.8, 4) is 0 Å². The van der Waals surface area contributed by atoms with Crippen LogP contribution < -0.4 is 11.3 Å². The van der Waals surface area contributed by atoms with Crippen LogP contribution in [0.1, 0.15) is 5.56 Å². The second-order valence-electron chi connectivity index (χ2n) is 2.84. The summed E-state index contributed by atoms with van der Waals surface area (Å²) in [6, 6.07) is 1.68. The highest BCUT2D eigenvalue weighted by Gasteiger charge is 2.03. The first-order valence-corrected chi connectivity index (χ1v) is 3.79. The quantitative estimate of drug-likeness (QED) is 0.600. The summed E-state index contributed by atoms with van der Waals surface area (Å²) in [7, 11) is 0. The number of anilines is 1. The summed E-state index contributed by atoms with van der Waals surface area (Å²) in [6.45, 7) is 1.86. The topological polar surface area (TPSA) is 84.7 Å². The molecule has 0 aliphatic carbocycles. The van der Waals surface area contributed by atoms with E-state index in [2.05, 4.69) is 15.2 Å². The summed E-state index contributed by atoms with van der Waals surface area (Å²) in [4.78, 5) is 13.8.